The number of aryl methyl sites for hydroxylation is 1. The van der Waals surface area contributed by atoms with Crippen molar-refractivity contribution in [1.82, 2.24) is 14.7 Å². The van der Waals surface area contributed by atoms with Crippen molar-refractivity contribution in [2.75, 3.05) is 7.05 Å². The van der Waals surface area contributed by atoms with E-state index < -0.39 is 0 Å². The van der Waals surface area contributed by atoms with Gasteiger partial charge in [0.1, 0.15) is 5.82 Å². The molecule has 1 saturated carbocycles. The Morgan fingerprint density at radius 1 is 1.50 bits per heavy atom. The minimum atomic E-state index is 0.395. The summed E-state index contributed by atoms with van der Waals surface area (Å²) >= 11 is 3.41. The maximum atomic E-state index is 4.43. The molecule has 2 unspecified atom stereocenters. The third-order valence-electron chi connectivity index (χ3n) is 3.36. The average Bonchev–Trinajstić information content (AvgIpc) is 2.72. The first-order valence-corrected chi connectivity index (χ1v) is 7.32. The Labute approximate surface area is 106 Å². The minimum Gasteiger partial charge on any atom is -0.315 e. The van der Waals surface area contributed by atoms with E-state index in [0.717, 1.165) is 10.2 Å². The number of nitrogens with zero attached hydrogens (tertiary/aromatic N) is 2. The van der Waals surface area contributed by atoms with Crippen LogP contribution in [0.15, 0.2) is 4.34 Å². The second kappa shape index (κ2) is 4.63. The third-order valence-corrected chi connectivity index (χ3v) is 5.58. The highest BCUT2D eigenvalue weighted by Gasteiger charge is 2.41. The van der Waals surface area contributed by atoms with Crippen LogP contribution in [0.3, 0.4) is 0 Å². The fraction of sp³-hybridized carbons (Fsp3) is 0.818. The molecule has 1 fully saturated rings. The molecule has 3 nitrogen and oxygen atoms in total. The lowest BCUT2D eigenvalue weighted by molar-refractivity contribution is 0.300. The van der Waals surface area contributed by atoms with E-state index in [-0.39, 0.29) is 0 Å². The van der Waals surface area contributed by atoms with Crippen LogP contribution in [0.4, 0.5) is 0 Å². The summed E-state index contributed by atoms with van der Waals surface area (Å²) in [5.41, 5.74) is 0.395. The Kier molecular flexibility index (Phi) is 3.56. The van der Waals surface area contributed by atoms with Crippen molar-refractivity contribution in [2.45, 2.75) is 49.2 Å². The molecular weight excluding hydrogens is 238 g/mol. The van der Waals surface area contributed by atoms with Gasteiger partial charge in [-0.2, -0.15) is 4.37 Å². The van der Waals surface area contributed by atoms with Gasteiger partial charge in [-0.05, 0) is 43.8 Å². The van der Waals surface area contributed by atoms with Crippen molar-refractivity contribution in [1.29, 1.82) is 0 Å². The van der Waals surface area contributed by atoms with E-state index in [9.17, 15) is 0 Å². The third kappa shape index (κ3) is 2.41. The second-order valence-corrected chi connectivity index (χ2v) is 7.30. The van der Waals surface area contributed by atoms with Gasteiger partial charge in [-0.15, -0.1) is 0 Å². The summed E-state index contributed by atoms with van der Waals surface area (Å²) in [4.78, 5) is 4.43. The van der Waals surface area contributed by atoms with E-state index in [1.807, 2.05) is 18.7 Å². The molecule has 0 radical (unpaired) electrons. The molecule has 1 aliphatic carbocycles. The van der Waals surface area contributed by atoms with Crippen LogP contribution in [0, 0.1) is 12.3 Å². The van der Waals surface area contributed by atoms with E-state index in [1.165, 1.54) is 24.4 Å². The monoisotopic (exact) mass is 257 g/mol. The molecule has 5 heteroatoms. The second-order valence-electron chi connectivity index (χ2n) is 5.06. The zero-order chi connectivity index (χ0) is 11.8. The standard InChI is InChI=1S/C11H19N3S2/c1-7-13-10(16-14-7)15-8-5-6-11(2,3)9(8)12-4/h8-9,12H,5-6H2,1-4H3. The maximum Gasteiger partial charge on any atom is 0.170 e. The number of thioether (sulfide) groups is 1. The maximum absolute atomic E-state index is 4.43. The van der Waals surface area contributed by atoms with Gasteiger partial charge in [0.25, 0.3) is 0 Å². The molecule has 0 aromatic carbocycles. The number of aromatic nitrogens is 2. The normalized spacial score (nSPS) is 28.5. The van der Waals surface area contributed by atoms with Crippen LogP contribution >= 0.6 is 23.3 Å². The molecule has 2 atom stereocenters. The molecule has 0 saturated heterocycles. The molecule has 1 aliphatic rings. The van der Waals surface area contributed by atoms with Gasteiger partial charge in [-0.1, -0.05) is 25.6 Å². The molecule has 1 aromatic heterocycles. The molecule has 1 heterocycles. The summed E-state index contributed by atoms with van der Waals surface area (Å²) < 4.78 is 5.35. The molecular formula is C11H19N3S2. The van der Waals surface area contributed by atoms with Crippen molar-refractivity contribution < 1.29 is 0 Å². The summed E-state index contributed by atoms with van der Waals surface area (Å²) in [6, 6.07) is 0.571. The van der Waals surface area contributed by atoms with E-state index in [0.29, 0.717) is 16.7 Å². The first kappa shape index (κ1) is 12.3. The van der Waals surface area contributed by atoms with Crippen molar-refractivity contribution in [3.63, 3.8) is 0 Å². The van der Waals surface area contributed by atoms with E-state index in [1.54, 1.807) is 0 Å². The predicted molar refractivity (Wildman–Crippen MR) is 70.2 cm³/mol. The van der Waals surface area contributed by atoms with E-state index in [4.69, 9.17) is 0 Å². The van der Waals surface area contributed by atoms with Crippen molar-refractivity contribution >= 4 is 23.3 Å². The zero-order valence-electron chi connectivity index (χ0n) is 10.3. The van der Waals surface area contributed by atoms with Crippen LogP contribution < -0.4 is 5.32 Å². The van der Waals surface area contributed by atoms with Crippen molar-refractivity contribution in [3.8, 4) is 0 Å². The fourth-order valence-corrected chi connectivity index (χ4v) is 4.90. The minimum absolute atomic E-state index is 0.395. The van der Waals surface area contributed by atoms with Gasteiger partial charge < -0.3 is 5.32 Å². The highest BCUT2D eigenvalue weighted by atomic mass is 32.2. The molecule has 0 spiro atoms. The molecule has 2 rings (SSSR count). The van der Waals surface area contributed by atoms with Gasteiger partial charge in [0.2, 0.25) is 0 Å². The molecule has 0 aliphatic heterocycles. The van der Waals surface area contributed by atoms with Gasteiger partial charge >= 0.3 is 0 Å². The zero-order valence-corrected chi connectivity index (χ0v) is 11.9. The lowest BCUT2D eigenvalue weighted by atomic mass is 9.87. The Balaban J connectivity index is 2.06. The highest BCUT2D eigenvalue weighted by molar-refractivity contribution is 8.01. The Bertz CT molecular complexity index is 362. The van der Waals surface area contributed by atoms with Crippen LogP contribution in [0.5, 0.6) is 0 Å². The Hall–Kier alpha value is -0.130. The van der Waals surface area contributed by atoms with Crippen LogP contribution in [-0.2, 0) is 0 Å². The van der Waals surface area contributed by atoms with E-state index >= 15 is 0 Å². The van der Waals surface area contributed by atoms with Crippen LogP contribution in [-0.4, -0.2) is 27.7 Å². The first-order valence-electron chi connectivity index (χ1n) is 5.67. The largest absolute Gasteiger partial charge is 0.315 e. The quantitative estimate of drug-likeness (QED) is 0.903. The molecule has 1 aromatic rings. The predicted octanol–water partition coefficient (Wildman–Crippen LogP) is 2.72. The number of hydrogen-bond acceptors (Lipinski definition) is 5. The summed E-state index contributed by atoms with van der Waals surface area (Å²) in [6.07, 6.45) is 2.55. The van der Waals surface area contributed by atoms with Crippen molar-refractivity contribution in [3.05, 3.63) is 5.82 Å². The Morgan fingerprint density at radius 3 is 2.81 bits per heavy atom. The lowest BCUT2D eigenvalue weighted by Crippen LogP contribution is -2.41. The molecule has 1 N–H and O–H groups in total. The number of hydrogen-bond donors (Lipinski definition) is 1. The topological polar surface area (TPSA) is 37.8 Å². The number of rotatable bonds is 3. The van der Waals surface area contributed by atoms with Gasteiger partial charge in [0, 0.05) is 11.3 Å². The summed E-state index contributed by atoms with van der Waals surface area (Å²) in [7, 11) is 2.07. The van der Waals surface area contributed by atoms with Crippen molar-refractivity contribution in [2.24, 2.45) is 5.41 Å². The fourth-order valence-electron chi connectivity index (χ4n) is 2.50. The van der Waals surface area contributed by atoms with Gasteiger partial charge in [0.05, 0.1) is 0 Å². The van der Waals surface area contributed by atoms with Crippen LogP contribution in [0.1, 0.15) is 32.5 Å². The average molecular weight is 257 g/mol. The van der Waals surface area contributed by atoms with Crippen LogP contribution in [0.25, 0.3) is 0 Å². The smallest absolute Gasteiger partial charge is 0.170 e. The van der Waals surface area contributed by atoms with E-state index in [2.05, 4.69) is 35.6 Å². The summed E-state index contributed by atoms with van der Waals surface area (Å²) in [5.74, 6) is 0.894. The molecule has 0 amide bonds. The highest BCUT2D eigenvalue weighted by Crippen LogP contribution is 2.45. The Morgan fingerprint density at radius 2 is 2.25 bits per heavy atom. The van der Waals surface area contributed by atoms with Gasteiger partial charge in [-0.3, -0.25) is 0 Å². The first-order chi connectivity index (χ1) is 7.53. The molecule has 16 heavy (non-hydrogen) atoms. The number of nitrogens with one attached hydrogen (secondary N) is 1. The lowest BCUT2D eigenvalue weighted by Gasteiger charge is -2.29. The van der Waals surface area contributed by atoms with Gasteiger partial charge in [-0.25, -0.2) is 4.98 Å². The SMILES string of the molecule is CNC1C(Sc2nc(C)ns2)CCC1(C)C. The summed E-state index contributed by atoms with van der Waals surface area (Å²) in [5, 5.41) is 4.10. The molecule has 90 valence electrons. The van der Waals surface area contributed by atoms with Gasteiger partial charge in [0.15, 0.2) is 4.34 Å². The summed E-state index contributed by atoms with van der Waals surface area (Å²) in [6.45, 7) is 6.65. The molecule has 0 bridgehead atoms. The van der Waals surface area contributed by atoms with Crippen LogP contribution in [0.2, 0.25) is 0 Å².